The molecule has 5 N–H and O–H groups in total. The molecule has 5 heteroatoms. The molecule has 1 amide bonds. The molecule has 0 fully saturated rings. The minimum Gasteiger partial charge on any atom is -0.480 e. The predicted octanol–water partition coefficient (Wildman–Crippen LogP) is -0.0640. The zero-order valence-corrected chi connectivity index (χ0v) is 8.56. The third-order valence-corrected chi connectivity index (χ3v) is 2.54. The maximum atomic E-state index is 11.0. The van der Waals surface area contributed by atoms with Crippen LogP contribution in [0.5, 0.6) is 0 Å². The molecule has 0 aromatic carbocycles. The number of amides is 1. The molecule has 5 nitrogen and oxygen atoms in total. The van der Waals surface area contributed by atoms with Gasteiger partial charge in [0.1, 0.15) is 6.04 Å². The standard InChI is InChI=1S/C9H18N2O3/c1-3-5(7(10)9(13)14)6(4-2)8(11)12/h5-7H,3-4,10H2,1-2H3,(H2,11,12)(H,13,14)/t5?,6?,7-/m0/s1. The van der Waals surface area contributed by atoms with Crippen molar-refractivity contribution in [1.82, 2.24) is 0 Å². The van der Waals surface area contributed by atoms with E-state index < -0.39 is 23.8 Å². The summed E-state index contributed by atoms with van der Waals surface area (Å²) >= 11 is 0. The van der Waals surface area contributed by atoms with Gasteiger partial charge in [0.15, 0.2) is 0 Å². The summed E-state index contributed by atoms with van der Waals surface area (Å²) in [5.74, 6) is -2.39. The van der Waals surface area contributed by atoms with Gasteiger partial charge >= 0.3 is 5.97 Å². The average Bonchev–Trinajstić information content (AvgIpc) is 2.11. The second kappa shape index (κ2) is 5.59. The monoisotopic (exact) mass is 202 g/mol. The summed E-state index contributed by atoms with van der Waals surface area (Å²) in [7, 11) is 0. The number of nitrogens with two attached hydrogens (primary N) is 2. The normalized spacial score (nSPS) is 17.1. The molecule has 3 atom stereocenters. The Kier molecular flexibility index (Phi) is 5.15. The predicted molar refractivity (Wildman–Crippen MR) is 52.4 cm³/mol. The first-order chi connectivity index (χ1) is 6.45. The van der Waals surface area contributed by atoms with E-state index >= 15 is 0 Å². The van der Waals surface area contributed by atoms with E-state index in [-0.39, 0.29) is 5.92 Å². The first kappa shape index (κ1) is 12.9. The van der Waals surface area contributed by atoms with Crippen LogP contribution in [0.25, 0.3) is 0 Å². The van der Waals surface area contributed by atoms with Gasteiger partial charge in [0.25, 0.3) is 0 Å². The van der Waals surface area contributed by atoms with Crippen LogP contribution in [0.4, 0.5) is 0 Å². The molecular formula is C9H18N2O3. The maximum absolute atomic E-state index is 11.0. The summed E-state index contributed by atoms with van der Waals surface area (Å²) in [6, 6.07) is -1.02. The molecule has 0 aliphatic carbocycles. The second-order valence-electron chi connectivity index (χ2n) is 3.35. The lowest BCUT2D eigenvalue weighted by atomic mass is 9.82. The van der Waals surface area contributed by atoms with Crippen LogP contribution in [0.3, 0.4) is 0 Å². The highest BCUT2D eigenvalue weighted by Gasteiger charge is 2.32. The van der Waals surface area contributed by atoms with Gasteiger partial charge in [-0.25, -0.2) is 0 Å². The molecule has 0 aromatic rings. The van der Waals surface area contributed by atoms with E-state index in [0.717, 1.165) is 0 Å². The van der Waals surface area contributed by atoms with Crippen molar-refractivity contribution in [1.29, 1.82) is 0 Å². The van der Waals surface area contributed by atoms with Gasteiger partial charge in [0, 0.05) is 5.92 Å². The third-order valence-electron chi connectivity index (χ3n) is 2.54. The van der Waals surface area contributed by atoms with Crippen molar-refractivity contribution in [3.05, 3.63) is 0 Å². The van der Waals surface area contributed by atoms with Crippen LogP contribution in [-0.4, -0.2) is 23.0 Å². The lowest BCUT2D eigenvalue weighted by Gasteiger charge is -2.25. The van der Waals surface area contributed by atoms with Crippen LogP contribution in [0.1, 0.15) is 26.7 Å². The van der Waals surface area contributed by atoms with Gasteiger partial charge in [-0.15, -0.1) is 0 Å². The molecule has 0 bridgehead atoms. The average molecular weight is 202 g/mol. The molecule has 0 aliphatic rings. The molecule has 0 heterocycles. The summed E-state index contributed by atoms with van der Waals surface area (Å²) < 4.78 is 0. The van der Waals surface area contributed by atoms with Crippen molar-refractivity contribution in [2.45, 2.75) is 32.7 Å². The highest BCUT2D eigenvalue weighted by atomic mass is 16.4. The van der Waals surface area contributed by atoms with Crippen LogP contribution in [0.15, 0.2) is 0 Å². The minimum absolute atomic E-state index is 0.380. The fraction of sp³-hybridized carbons (Fsp3) is 0.778. The zero-order chi connectivity index (χ0) is 11.3. The Morgan fingerprint density at radius 2 is 1.79 bits per heavy atom. The first-order valence-electron chi connectivity index (χ1n) is 4.73. The highest BCUT2D eigenvalue weighted by Crippen LogP contribution is 2.21. The van der Waals surface area contributed by atoms with Crippen molar-refractivity contribution in [3.8, 4) is 0 Å². The van der Waals surface area contributed by atoms with Gasteiger partial charge in [-0.05, 0) is 12.3 Å². The van der Waals surface area contributed by atoms with Crippen molar-refractivity contribution in [2.75, 3.05) is 0 Å². The summed E-state index contributed by atoms with van der Waals surface area (Å²) in [5.41, 5.74) is 10.7. The number of carbonyl (C=O) groups is 2. The quantitative estimate of drug-likeness (QED) is 0.560. The number of primary amides is 1. The number of hydrogen-bond acceptors (Lipinski definition) is 3. The van der Waals surface area contributed by atoms with Gasteiger partial charge in [0.2, 0.25) is 5.91 Å². The number of aliphatic carboxylic acids is 1. The van der Waals surface area contributed by atoms with Gasteiger partial charge in [-0.2, -0.15) is 0 Å². The molecule has 0 saturated carbocycles. The van der Waals surface area contributed by atoms with Crippen molar-refractivity contribution in [2.24, 2.45) is 23.3 Å². The molecule has 0 saturated heterocycles. The maximum Gasteiger partial charge on any atom is 0.320 e. The molecule has 0 spiro atoms. The molecule has 0 rings (SSSR count). The number of carbonyl (C=O) groups excluding carboxylic acids is 1. The Hall–Kier alpha value is -1.10. The van der Waals surface area contributed by atoms with E-state index in [1.807, 2.05) is 0 Å². The van der Waals surface area contributed by atoms with Crippen molar-refractivity contribution < 1.29 is 14.7 Å². The van der Waals surface area contributed by atoms with E-state index in [4.69, 9.17) is 16.6 Å². The van der Waals surface area contributed by atoms with E-state index in [2.05, 4.69) is 0 Å². The number of carboxylic acids is 1. The Labute approximate surface area is 83.5 Å². The number of hydrogen-bond donors (Lipinski definition) is 3. The van der Waals surface area contributed by atoms with Crippen LogP contribution in [0, 0.1) is 11.8 Å². The number of rotatable bonds is 6. The van der Waals surface area contributed by atoms with Gasteiger partial charge in [-0.1, -0.05) is 20.3 Å². The Bertz CT molecular complexity index is 218. The fourth-order valence-electron chi connectivity index (χ4n) is 1.69. The van der Waals surface area contributed by atoms with Gasteiger partial charge in [-0.3, -0.25) is 9.59 Å². The first-order valence-corrected chi connectivity index (χ1v) is 4.73. The zero-order valence-electron chi connectivity index (χ0n) is 8.56. The van der Waals surface area contributed by atoms with E-state index in [9.17, 15) is 9.59 Å². The summed E-state index contributed by atoms with van der Waals surface area (Å²) in [5, 5.41) is 8.73. The Morgan fingerprint density at radius 1 is 1.29 bits per heavy atom. The lowest BCUT2D eigenvalue weighted by Crippen LogP contribution is -2.44. The number of carboxylic acid groups (broad SMARTS) is 1. The smallest absolute Gasteiger partial charge is 0.320 e. The molecule has 14 heavy (non-hydrogen) atoms. The summed E-state index contributed by atoms with van der Waals surface area (Å²) in [4.78, 5) is 21.7. The molecule has 0 aliphatic heterocycles. The van der Waals surface area contributed by atoms with Crippen molar-refractivity contribution in [3.63, 3.8) is 0 Å². The molecule has 2 unspecified atom stereocenters. The largest absolute Gasteiger partial charge is 0.480 e. The topological polar surface area (TPSA) is 106 Å². The van der Waals surface area contributed by atoms with Crippen LogP contribution >= 0.6 is 0 Å². The highest BCUT2D eigenvalue weighted by molar-refractivity contribution is 5.79. The van der Waals surface area contributed by atoms with Gasteiger partial charge in [0.05, 0.1) is 0 Å². The van der Waals surface area contributed by atoms with Crippen LogP contribution < -0.4 is 11.5 Å². The summed E-state index contributed by atoms with van der Waals surface area (Å²) in [6.45, 7) is 3.60. The van der Waals surface area contributed by atoms with E-state index in [1.54, 1.807) is 13.8 Å². The van der Waals surface area contributed by atoms with E-state index in [0.29, 0.717) is 12.8 Å². The molecule has 82 valence electrons. The van der Waals surface area contributed by atoms with Crippen molar-refractivity contribution >= 4 is 11.9 Å². The lowest BCUT2D eigenvalue weighted by molar-refractivity contribution is -0.141. The molecular weight excluding hydrogens is 184 g/mol. The molecule has 0 aromatic heterocycles. The Morgan fingerprint density at radius 3 is 2.00 bits per heavy atom. The van der Waals surface area contributed by atoms with Gasteiger partial charge < -0.3 is 16.6 Å². The van der Waals surface area contributed by atoms with Crippen LogP contribution in [-0.2, 0) is 9.59 Å². The third kappa shape index (κ3) is 2.99. The molecule has 0 radical (unpaired) electrons. The Balaban J connectivity index is 4.67. The summed E-state index contributed by atoms with van der Waals surface area (Å²) in [6.07, 6.45) is 1.06. The SMILES string of the molecule is CCC(C(N)=O)C(CC)[C@H](N)C(=O)O. The van der Waals surface area contributed by atoms with Crippen LogP contribution in [0.2, 0.25) is 0 Å². The second-order valence-corrected chi connectivity index (χ2v) is 3.35. The fourth-order valence-corrected chi connectivity index (χ4v) is 1.69. The van der Waals surface area contributed by atoms with E-state index in [1.165, 1.54) is 0 Å². The minimum atomic E-state index is -1.09.